The van der Waals surface area contributed by atoms with Gasteiger partial charge in [0, 0.05) is 6.42 Å². The van der Waals surface area contributed by atoms with Crippen molar-refractivity contribution in [3.63, 3.8) is 0 Å². The van der Waals surface area contributed by atoms with Gasteiger partial charge in [-0.05, 0) is 25.0 Å². The molecule has 0 amide bonds. The molecule has 0 heterocycles. The van der Waals surface area contributed by atoms with Crippen molar-refractivity contribution in [1.82, 2.24) is 0 Å². The van der Waals surface area contributed by atoms with Gasteiger partial charge in [-0.1, -0.05) is 0 Å². The average Bonchev–Trinajstić information content (AvgIpc) is 2.49. The van der Waals surface area contributed by atoms with E-state index in [4.69, 9.17) is 20.3 Å². The van der Waals surface area contributed by atoms with Crippen LogP contribution in [0.2, 0.25) is 0 Å². The minimum absolute atomic E-state index is 0.0715. The van der Waals surface area contributed by atoms with Crippen molar-refractivity contribution < 1.29 is 29.1 Å². The Labute approximate surface area is 132 Å². The van der Waals surface area contributed by atoms with Gasteiger partial charge in [0.2, 0.25) is 0 Å². The first-order chi connectivity index (χ1) is 10.8. The maximum Gasteiger partial charge on any atom is 0.320 e. The van der Waals surface area contributed by atoms with E-state index in [2.05, 4.69) is 0 Å². The number of benzene rings is 1. The number of carbonyl (C=O) groups excluding carboxylic acids is 1. The van der Waals surface area contributed by atoms with Crippen LogP contribution in [0, 0.1) is 17.0 Å². The fraction of sp³-hybridized carbons (Fsp3) is 0.429. The summed E-state index contributed by atoms with van der Waals surface area (Å²) in [5.74, 6) is -1.53. The summed E-state index contributed by atoms with van der Waals surface area (Å²) in [6.07, 6.45) is -0.256. The molecule has 0 saturated heterocycles. The molecule has 0 aliphatic carbocycles. The summed E-state index contributed by atoms with van der Waals surface area (Å²) in [5, 5.41) is 19.7. The Hall–Kier alpha value is -2.68. The minimum Gasteiger partial charge on any atom is -0.496 e. The predicted octanol–water partition coefficient (Wildman–Crippen LogP) is 1.15. The summed E-state index contributed by atoms with van der Waals surface area (Å²) in [6, 6.07) is 1.62. The minimum atomic E-state index is -1.21. The Morgan fingerprint density at radius 1 is 1.43 bits per heavy atom. The molecule has 3 N–H and O–H groups in total. The van der Waals surface area contributed by atoms with Crippen molar-refractivity contribution >= 4 is 17.6 Å². The normalized spacial score (nSPS) is 11.6. The molecular weight excluding hydrogens is 308 g/mol. The monoisotopic (exact) mass is 326 g/mol. The second kappa shape index (κ2) is 8.08. The SMILES string of the molecule is COc1cc([N+](=O)[O-])c(COC(=O)CC[C@H](N)C(=O)O)cc1C. The molecule has 0 aliphatic heterocycles. The van der Waals surface area contributed by atoms with E-state index in [1.54, 1.807) is 6.92 Å². The summed E-state index contributed by atoms with van der Waals surface area (Å²) in [5.41, 5.74) is 5.95. The van der Waals surface area contributed by atoms with Gasteiger partial charge in [-0.2, -0.15) is 0 Å². The number of hydrogen-bond acceptors (Lipinski definition) is 7. The van der Waals surface area contributed by atoms with E-state index in [0.717, 1.165) is 0 Å². The Morgan fingerprint density at radius 3 is 2.61 bits per heavy atom. The van der Waals surface area contributed by atoms with Crippen molar-refractivity contribution in [3.05, 3.63) is 33.4 Å². The number of nitro groups is 1. The second-order valence-corrected chi connectivity index (χ2v) is 4.85. The fourth-order valence-electron chi connectivity index (χ4n) is 1.87. The standard InChI is InChI=1S/C14H18N2O7/c1-8-5-9(11(16(20)21)6-12(8)22-2)7-23-13(17)4-3-10(15)14(18)19/h5-6,10H,3-4,7,15H2,1-2H3,(H,18,19)/t10-/m0/s1. The topological polar surface area (TPSA) is 142 Å². The van der Waals surface area contributed by atoms with E-state index in [-0.39, 0.29) is 30.7 Å². The molecule has 0 saturated carbocycles. The number of aliphatic carboxylic acids is 1. The summed E-state index contributed by atoms with van der Waals surface area (Å²) >= 11 is 0. The third-order valence-electron chi connectivity index (χ3n) is 3.16. The van der Waals surface area contributed by atoms with Crippen LogP contribution in [0.1, 0.15) is 24.0 Å². The molecule has 9 heteroatoms. The number of methoxy groups -OCH3 is 1. The van der Waals surface area contributed by atoms with Crippen molar-refractivity contribution in [1.29, 1.82) is 0 Å². The lowest BCUT2D eigenvalue weighted by molar-refractivity contribution is -0.385. The van der Waals surface area contributed by atoms with E-state index in [9.17, 15) is 19.7 Å². The molecule has 1 atom stereocenters. The third-order valence-corrected chi connectivity index (χ3v) is 3.16. The number of carboxylic acid groups (broad SMARTS) is 1. The summed E-state index contributed by atoms with van der Waals surface area (Å²) in [6.45, 7) is 1.42. The molecule has 0 bridgehead atoms. The average molecular weight is 326 g/mol. The molecule has 0 radical (unpaired) electrons. The maximum atomic E-state index is 11.6. The molecule has 23 heavy (non-hydrogen) atoms. The van der Waals surface area contributed by atoms with Crippen molar-refractivity contribution in [2.75, 3.05) is 7.11 Å². The zero-order valence-corrected chi connectivity index (χ0v) is 12.8. The predicted molar refractivity (Wildman–Crippen MR) is 79.0 cm³/mol. The molecule has 0 unspecified atom stereocenters. The number of nitro benzene ring substituents is 1. The smallest absolute Gasteiger partial charge is 0.320 e. The van der Waals surface area contributed by atoms with E-state index in [1.165, 1.54) is 19.2 Å². The van der Waals surface area contributed by atoms with Crippen molar-refractivity contribution in [2.24, 2.45) is 5.73 Å². The van der Waals surface area contributed by atoms with Crippen LogP contribution < -0.4 is 10.5 Å². The van der Waals surface area contributed by atoms with Gasteiger partial charge in [0.15, 0.2) is 0 Å². The first-order valence-corrected chi connectivity index (χ1v) is 6.72. The van der Waals surface area contributed by atoms with E-state index < -0.39 is 22.9 Å². The number of ether oxygens (including phenoxy) is 2. The van der Waals surface area contributed by atoms with Crippen LogP contribution in [-0.4, -0.2) is 35.1 Å². The Kier molecular flexibility index (Phi) is 6.46. The molecule has 0 aliphatic rings. The fourth-order valence-corrected chi connectivity index (χ4v) is 1.87. The summed E-state index contributed by atoms with van der Waals surface area (Å²) in [4.78, 5) is 32.6. The zero-order valence-electron chi connectivity index (χ0n) is 12.8. The molecule has 9 nitrogen and oxygen atoms in total. The highest BCUT2D eigenvalue weighted by Crippen LogP contribution is 2.29. The van der Waals surface area contributed by atoms with Crippen molar-refractivity contribution in [2.45, 2.75) is 32.4 Å². The van der Waals surface area contributed by atoms with Crippen LogP contribution >= 0.6 is 0 Å². The number of carbonyl (C=O) groups is 2. The largest absolute Gasteiger partial charge is 0.496 e. The summed E-state index contributed by atoms with van der Waals surface area (Å²) in [7, 11) is 1.40. The second-order valence-electron chi connectivity index (χ2n) is 4.85. The van der Waals surface area contributed by atoms with Gasteiger partial charge < -0.3 is 20.3 Å². The Morgan fingerprint density at radius 2 is 2.09 bits per heavy atom. The molecular formula is C14H18N2O7. The van der Waals surface area contributed by atoms with Crippen LogP contribution in [0.3, 0.4) is 0 Å². The molecule has 1 aromatic rings. The molecule has 0 fully saturated rings. The molecule has 0 spiro atoms. The number of rotatable bonds is 8. The molecule has 1 aromatic carbocycles. The Balaban J connectivity index is 2.73. The Bertz CT molecular complexity index is 615. The third kappa shape index (κ3) is 5.22. The van der Waals surface area contributed by atoms with Crippen LogP contribution in [-0.2, 0) is 20.9 Å². The van der Waals surface area contributed by atoms with Gasteiger partial charge in [0.25, 0.3) is 5.69 Å². The van der Waals surface area contributed by atoms with Gasteiger partial charge in [0.05, 0.1) is 23.7 Å². The number of aryl methyl sites for hydroxylation is 1. The van der Waals surface area contributed by atoms with Gasteiger partial charge >= 0.3 is 11.9 Å². The molecule has 0 aromatic heterocycles. The van der Waals surface area contributed by atoms with Gasteiger partial charge in [-0.25, -0.2) is 0 Å². The number of carboxylic acids is 1. The lowest BCUT2D eigenvalue weighted by Gasteiger charge is -2.10. The lowest BCUT2D eigenvalue weighted by Crippen LogP contribution is -2.30. The number of hydrogen-bond donors (Lipinski definition) is 2. The number of nitrogens with zero attached hydrogens (tertiary/aromatic N) is 1. The molecule has 126 valence electrons. The van der Waals surface area contributed by atoms with Crippen molar-refractivity contribution in [3.8, 4) is 5.75 Å². The van der Waals surface area contributed by atoms with Crippen LogP contribution in [0.15, 0.2) is 12.1 Å². The van der Waals surface area contributed by atoms with Gasteiger partial charge in [-0.15, -0.1) is 0 Å². The van der Waals surface area contributed by atoms with Crippen LogP contribution in [0.4, 0.5) is 5.69 Å². The van der Waals surface area contributed by atoms with Crippen LogP contribution in [0.5, 0.6) is 5.75 Å². The number of esters is 1. The highest BCUT2D eigenvalue weighted by Gasteiger charge is 2.19. The van der Waals surface area contributed by atoms with E-state index in [0.29, 0.717) is 11.3 Å². The summed E-state index contributed by atoms with van der Waals surface area (Å²) < 4.78 is 9.97. The highest BCUT2D eigenvalue weighted by atomic mass is 16.6. The van der Waals surface area contributed by atoms with Gasteiger partial charge in [-0.3, -0.25) is 19.7 Å². The number of nitrogens with two attached hydrogens (primary N) is 1. The van der Waals surface area contributed by atoms with E-state index >= 15 is 0 Å². The van der Waals surface area contributed by atoms with E-state index in [1.807, 2.05) is 0 Å². The highest BCUT2D eigenvalue weighted by molar-refractivity contribution is 5.75. The first-order valence-electron chi connectivity index (χ1n) is 6.72. The van der Waals surface area contributed by atoms with Crippen LogP contribution in [0.25, 0.3) is 0 Å². The quantitative estimate of drug-likeness (QED) is 0.411. The zero-order chi connectivity index (χ0) is 17.6. The molecule has 1 rings (SSSR count). The lowest BCUT2D eigenvalue weighted by atomic mass is 10.1. The maximum absolute atomic E-state index is 11.6. The first kappa shape index (κ1) is 18.4. The van der Waals surface area contributed by atoms with Gasteiger partial charge in [0.1, 0.15) is 18.4 Å².